The van der Waals surface area contributed by atoms with E-state index in [1.165, 1.54) is 6.33 Å². The number of fused-ring (bicyclic) bond motifs is 1. The van der Waals surface area contributed by atoms with E-state index in [0.717, 1.165) is 61.3 Å². The normalized spacial score (nSPS) is 14.2. The van der Waals surface area contributed by atoms with Gasteiger partial charge in [0.15, 0.2) is 11.5 Å². The Morgan fingerprint density at radius 3 is 2.52 bits per heavy atom. The molecule has 0 aliphatic carbocycles. The van der Waals surface area contributed by atoms with Crippen molar-refractivity contribution in [2.75, 3.05) is 47.8 Å². The molecule has 1 saturated heterocycles. The van der Waals surface area contributed by atoms with E-state index in [1.807, 2.05) is 36.5 Å². The number of phenols is 1. The van der Waals surface area contributed by atoms with Crippen LogP contribution in [-0.2, 0) is 6.42 Å². The van der Waals surface area contributed by atoms with Crippen molar-refractivity contribution in [3.63, 3.8) is 0 Å². The third-order valence-electron chi connectivity index (χ3n) is 5.47. The summed E-state index contributed by atoms with van der Waals surface area (Å²) < 4.78 is 0. The maximum absolute atomic E-state index is 9.41. The zero-order valence-corrected chi connectivity index (χ0v) is 17.1. The van der Waals surface area contributed by atoms with E-state index >= 15 is 0 Å². The Morgan fingerprint density at radius 2 is 1.74 bits per heavy atom. The number of piperazine rings is 1. The number of benzene rings is 1. The minimum atomic E-state index is 0.278. The molecule has 31 heavy (non-hydrogen) atoms. The standard InChI is InChI=1S/C22H24N8O/c31-17-6-4-16(5-7-17)8-10-24-20-19-21(26-15-25-20)28-22(27-19)30-13-11-29(12-14-30)18-3-1-2-9-23-18/h1-7,9,15,31H,8,10-14H2,(H2,24,25,26,27,28). The smallest absolute Gasteiger partial charge is 0.205 e. The lowest BCUT2D eigenvalue weighted by Gasteiger charge is -2.35. The van der Waals surface area contributed by atoms with E-state index < -0.39 is 0 Å². The number of anilines is 3. The van der Waals surface area contributed by atoms with Crippen LogP contribution in [0.15, 0.2) is 55.0 Å². The van der Waals surface area contributed by atoms with Gasteiger partial charge in [-0.15, -0.1) is 0 Å². The summed E-state index contributed by atoms with van der Waals surface area (Å²) in [4.78, 5) is 25.8. The van der Waals surface area contributed by atoms with Gasteiger partial charge >= 0.3 is 0 Å². The summed E-state index contributed by atoms with van der Waals surface area (Å²) in [6.45, 7) is 4.20. The number of aromatic amines is 1. The zero-order chi connectivity index (χ0) is 21.0. The number of hydrogen-bond donors (Lipinski definition) is 3. The van der Waals surface area contributed by atoms with Crippen LogP contribution in [0.1, 0.15) is 5.56 Å². The van der Waals surface area contributed by atoms with E-state index in [4.69, 9.17) is 0 Å². The van der Waals surface area contributed by atoms with Crippen molar-refractivity contribution in [1.82, 2.24) is 24.9 Å². The van der Waals surface area contributed by atoms with Gasteiger partial charge in [-0.2, -0.15) is 4.98 Å². The molecule has 0 radical (unpaired) electrons. The highest BCUT2D eigenvalue weighted by molar-refractivity contribution is 5.84. The van der Waals surface area contributed by atoms with Crippen LogP contribution in [-0.4, -0.2) is 62.8 Å². The Balaban J connectivity index is 1.24. The van der Waals surface area contributed by atoms with Crippen LogP contribution in [0.5, 0.6) is 5.75 Å². The molecule has 0 amide bonds. The summed E-state index contributed by atoms with van der Waals surface area (Å²) in [7, 11) is 0. The molecule has 5 rings (SSSR count). The summed E-state index contributed by atoms with van der Waals surface area (Å²) in [5.41, 5.74) is 2.62. The van der Waals surface area contributed by atoms with Crippen LogP contribution < -0.4 is 15.1 Å². The number of hydrogen-bond acceptors (Lipinski definition) is 8. The van der Waals surface area contributed by atoms with E-state index in [9.17, 15) is 5.11 Å². The lowest BCUT2D eigenvalue weighted by Crippen LogP contribution is -2.47. The maximum atomic E-state index is 9.41. The second-order valence-corrected chi connectivity index (χ2v) is 7.49. The summed E-state index contributed by atoms with van der Waals surface area (Å²) in [6.07, 6.45) is 4.19. The average Bonchev–Trinajstić information content (AvgIpc) is 3.26. The Hall–Kier alpha value is -3.88. The van der Waals surface area contributed by atoms with Gasteiger partial charge in [0.1, 0.15) is 23.4 Å². The zero-order valence-electron chi connectivity index (χ0n) is 17.1. The summed E-state index contributed by atoms with van der Waals surface area (Å²) in [6, 6.07) is 13.2. The molecule has 4 heterocycles. The van der Waals surface area contributed by atoms with Gasteiger partial charge in [-0.3, -0.25) is 0 Å². The molecular weight excluding hydrogens is 392 g/mol. The van der Waals surface area contributed by atoms with Crippen LogP contribution in [0, 0.1) is 0 Å². The summed E-state index contributed by atoms with van der Waals surface area (Å²) in [5.74, 6) is 2.85. The molecule has 0 atom stereocenters. The Bertz CT molecular complexity index is 1140. The molecule has 1 fully saturated rings. The molecule has 1 aliphatic rings. The number of aromatic nitrogens is 5. The average molecular weight is 416 g/mol. The third-order valence-corrected chi connectivity index (χ3v) is 5.47. The molecule has 0 spiro atoms. The number of aromatic hydroxyl groups is 1. The molecule has 3 aromatic heterocycles. The van der Waals surface area contributed by atoms with E-state index in [1.54, 1.807) is 12.1 Å². The fraction of sp³-hybridized carbons (Fsp3) is 0.273. The van der Waals surface area contributed by atoms with Crippen molar-refractivity contribution in [1.29, 1.82) is 0 Å². The monoisotopic (exact) mass is 416 g/mol. The van der Waals surface area contributed by atoms with Gasteiger partial charge in [0.05, 0.1) is 0 Å². The van der Waals surface area contributed by atoms with Gasteiger partial charge in [0.25, 0.3) is 0 Å². The highest BCUT2D eigenvalue weighted by atomic mass is 16.3. The van der Waals surface area contributed by atoms with Crippen molar-refractivity contribution in [3.05, 3.63) is 60.6 Å². The number of phenolic OH excluding ortho intramolecular Hbond substituents is 1. The van der Waals surface area contributed by atoms with Gasteiger partial charge in [-0.25, -0.2) is 15.0 Å². The number of pyridine rings is 1. The van der Waals surface area contributed by atoms with Crippen molar-refractivity contribution in [3.8, 4) is 5.75 Å². The predicted molar refractivity (Wildman–Crippen MR) is 121 cm³/mol. The Labute approximate surface area is 179 Å². The van der Waals surface area contributed by atoms with Gasteiger partial charge in [0, 0.05) is 38.9 Å². The number of nitrogens with one attached hydrogen (secondary N) is 2. The van der Waals surface area contributed by atoms with Crippen LogP contribution in [0.3, 0.4) is 0 Å². The molecular formula is C22H24N8O. The number of imidazole rings is 1. The fourth-order valence-corrected chi connectivity index (χ4v) is 3.78. The molecule has 4 aromatic rings. The Morgan fingerprint density at radius 1 is 0.935 bits per heavy atom. The lowest BCUT2D eigenvalue weighted by atomic mass is 10.1. The Kier molecular flexibility index (Phi) is 5.22. The van der Waals surface area contributed by atoms with Crippen molar-refractivity contribution in [2.24, 2.45) is 0 Å². The van der Waals surface area contributed by atoms with Gasteiger partial charge in [-0.1, -0.05) is 18.2 Å². The fourth-order valence-electron chi connectivity index (χ4n) is 3.78. The molecule has 1 aliphatic heterocycles. The van der Waals surface area contributed by atoms with Crippen molar-refractivity contribution >= 4 is 28.7 Å². The van der Waals surface area contributed by atoms with Crippen molar-refractivity contribution in [2.45, 2.75) is 6.42 Å². The number of rotatable bonds is 6. The van der Waals surface area contributed by atoms with Crippen LogP contribution in [0.25, 0.3) is 11.2 Å². The molecule has 9 nitrogen and oxygen atoms in total. The van der Waals surface area contributed by atoms with Crippen LogP contribution in [0.2, 0.25) is 0 Å². The van der Waals surface area contributed by atoms with Crippen LogP contribution in [0.4, 0.5) is 17.6 Å². The number of H-pyrrole nitrogens is 1. The molecule has 0 saturated carbocycles. The molecule has 0 unspecified atom stereocenters. The second-order valence-electron chi connectivity index (χ2n) is 7.49. The first kappa shape index (κ1) is 19.1. The van der Waals surface area contributed by atoms with E-state index in [2.05, 4.69) is 40.0 Å². The first-order valence-electron chi connectivity index (χ1n) is 10.4. The summed E-state index contributed by atoms with van der Waals surface area (Å²) >= 11 is 0. The van der Waals surface area contributed by atoms with Gasteiger partial charge in [-0.05, 0) is 36.2 Å². The topological polar surface area (TPSA) is 106 Å². The van der Waals surface area contributed by atoms with Crippen LogP contribution >= 0.6 is 0 Å². The largest absolute Gasteiger partial charge is 0.508 e. The first-order chi connectivity index (χ1) is 15.3. The van der Waals surface area contributed by atoms with E-state index in [-0.39, 0.29) is 5.75 Å². The molecule has 158 valence electrons. The minimum absolute atomic E-state index is 0.278. The van der Waals surface area contributed by atoms with E-state index in [0.29, 0.717) is 12.2 Å². The molecule has 1 aromatic carbocycles. The molecule has 9 heteroatoms. The summed E-state index contributed by atoms with van der Waals surface area (Å²) in [5, 5.41) is 12.8. The lowest BCUT2D eigenvalue weighted by molar-refractivity contribution is 0.475. The van der Waals surface area contributed by atoms with Gasteiger partial charge in [0.2, 0.25) is 5.95 Å². The quantitative estimate of drug-likeness (QED) is 0.440. The highest BCUT2D eigenvalue weighted by Gasteiger charge is 2.21. The predicted octanol–water partition coefficient (Wildman–Crippen LogP) is 2.43. The number of nitrogens with zero attached hydrogens (tertiary/aromatic N) is 6. The second kappa shape index (κ2) is 8.47. The minimum Gasteiger partial charge on any atom is -0.508 e. The SMILES string of the molecule is Oc1ccc(CCNc2ncnc3nc(N4CCN(c5ccccn5)CC4)[nH]c23)cc1. The maximum Gasteiger partial charge on any atom is 0.205 e. The van der Waals surface area contributed by atoms with Crippen molar-refractivity contribution < 1.29 is 5.11 Å². The van der Waals surface area contributed by atoms with Gasteiger partial charge < -0.3 is 25.2 Å². The first-order valence-corrected chi connectivity index (χ1v) is 10.4. The molecule has 0 bridgehead atoms. The highest BCUT2D eigenvalue weighted by Crippen LogP contribution is 2.23. The third kappa shape index (κ3) is 4.20. The molecule has 3 N–H and O–H groups in total.